The number of ether oxygens (including phenoxy) is 6. The molecule has 22 N–H and O–H groups in total. The van der Waals surface area contributed by atoms with Gasteiger partial charge in [0.25, 0.3) is 0 Å². The largest absolute Gasteiger partial charge is 0.390 e. The van der Waals surface area contributed by atoms with Gasteiger partial charge in [-0.2, -0.15) is 0 Å². The Morgan fingerprint density at radius 1 is 0.576 bits per heavy atom. The van der Waals surface area contributed by atoms with Gasteiger partial charge < -0.3 is 119 Å². The maximum atomic E-state index is 11.1. The number of aliphatic hydroxyl groups excluding tert-OH is 8. The van der Waals surface area contributed by atoms with E-state index >= 15 is 0 Å². The molecule has 4 fully saturated rings. The number of nitrogens with two attached hydrogens (primary N) is 7. The van der Waals surface area contributed by atoms with Crippen LogP contribution in [0, 0.1) is 5.92 Å². The lowest BCUT2D eigenvalue weighted by Crippen LogP contribution is -2.68. The summed E-state index contributed by atoms with van der Waals surface area (Å²) >= 11 is 0. The lowest BCUT2D eigenvalue weighted by atomic mass is 9.80. The molecule has 2 heterocycles. The molecule has 2 aliphatic heterocycles. The van der Waals surface area contributed by atoms with Crippen molar-refractivity contribution in [2.45, 2.75) is 154 Å². The van der Waals surface area contributed by atoms with Crippen molar-refractivity contribution >= 4 is 0 Å². The molecule has 348 valence electrons. The monoisotopic (exact) mass is 858 g/mol. The standard InChI is InChI=1S/C36H75N9O14/c1-15-7-19(40)31(58-35-23(42)29(52)27(50)21(9-37)56-35)33(25(15)48)54-13-16(46)11-44(2)5-4-6-45(3)12-17(47)14-55-34-26(49)18(39)8-20(41)32(34)59-36-24(43)30(53)28(51)22(10-38)57-36/h15-36,46-53H,4-14,37-43H2,1-3H3/t15?,16-,17-,18?,19?,20?,21?,22?,23?,24?,25?,26?,27?,28?,29?,30?,31?,32?,33?,34?,35?,36?/m1/s1. The molecule has 2 saturated heterocycles. The van der Waals surface area contributed by atoms with Crippen molar-refractivity contribution in [3.63, 3.8) is 0 Å². The summed E-state index contributed by atoms with van der Waals surface area (Å²) in [6, 6.07) is -4.28. The predicted octanol–water partition coefficient (Wildman–Crippen LogP) is -8.88. The van der Waals surface area contributed by atoms with Gasteiger partial charge in [0, 0.05) is 44.3 Å². The van der Waals surface area contributed by atoms with E-state index in [0.717, 1.165) is 0 Å². The summed E-state index contributed by atoms with van der Waals surface area (Å²) in [5.41, 5.74) is 42.5. The quantitative estimate of drug-likeness (QED) is 0.0540. The Kier molecular flexibility index (Phi) is 19.9. The van der Waals surface area contributed by atoms with Gasteiger partial charge >= 0.3 is 0 Å². The molecule has 0 amide bonds. The van der Waals surface area contributed by atoms with E-state index in [4.69, 9.17) is 68.6 Å². The summed E-state index contributed by atoms with van der Waals surface area (Å²) in [6.07, 6.45) is -16.3. The van der Waals surface area contributed by atoms with Crippen molar-refractivity contribution in [2.75, 3.05) is 66.6 Å². The molecule has 0 aromatic heterocycles. The Hall–Kier alpha value is -0.920. The molecule has 23 nitrogen and oxygen atoms in total. The third kappa shape index (κ3) is 13.1. The summed E-state index contributed by atoms with van der Waals surface area (Å²) in [5, 5.41) is 85.1. The van der Waals surface area contributed by atoms with Crippen molar-refractivity contribution in [1.82, 2.24) is 9.80 Å². The Labute approximate surface area is 345 Å². The van der Waals surface area contributed by atoms with E-state index < -0.39 is 128 Å². The first-order valence-electron chi connectivity index (χ1n) is 20.6. The Morgan fingerprint density at radius 3 is 1.41 bits per heavy atom. The summed E-state index contributed by atoms with van der Waals surface area (Å²) < 4.78 is 35.6. The van der Waals surface area contributed by atoms with Crippen molar-refractivity contribution in [3.8, 4) is 0 Å². The van der Waals surface area contributed by atoms with Crippen molar-refractivity contribution in [3.05, 3.63) is 0 Å². The fourth-order valence-corrected chi connectivity index (χ4v) is 8.39. The van der Waals surface area contributed by atoms with Crippen molar-refractivity contribution in [1.29, 1.82) is 0 Å². The van der Waals surface area contributed by atoms with Crippen LogP contribution < -0.4 is 40.1 Å². The summed E-state index contributed by atoms with van der Waals surface area (Å²) in [7, 11) is 3.67. The molecule has 20 unspecified atom stereocenters. The van der Waals surface area contributed by atoms with Crippen LogP contribution in [0.15, 0.2) is 0 Å². The van der Waals surface area contributed by atoms with Gasteiger partial charge in [-0.25, -0.2) is 0 Å². The molecule has 0 aromatic rings. The van der Waals surface area contributed by atoms with Crippen LogP contribution in [0.2, 0.25) is 0 Å². The highest BCUT2D eigenvalue weighted by Gasteiger charge is 2.50. The van der Waals surface area contributed by atoms with E-state index in [1.807, 2.05) is 30.8 Å². The third-order valence-corrected chi connectivity index (χ3v) is 12.0. The van der Waals surface area contributed by atoms with Gasteiger partial charge in [0.2, 0.25) is 0 Å². The minimum Gasteiger partial charge on any atom is -0.390 e. The summed E-state index contributed by atoms with van der Waals surface area (Å²) in [6.45, 7) is 2.96. The lowest BCUT2D eigenvalue weighted by Gasteiger charge is -2.47. The predicted molar refractivity (Wildman–Crippen MR) is 211 cm³/mol. The zero-order chi connectivity index (χ0) is 43.9. The number of hydrogen-bond donors (Lipinski definition) is 15. The molecule has 4 aliphatic rings. The molecule has 2 aliphatic carbocycles. The third-order valence-electron chi connectivity index (χ3n) is 12.0. The SMILES string of the molecule is CC1CC(N)C(OC2OC(CN)C(O)C(O)C2N)C(OC[C@H](O)CN(C)CCCN(C)C[C@@H](O)COC2C(O)C(N)CC(N)C2OC2OC(CN)C(O)C(O)C2N)C1O. The Bertz CT molecular complexity index is 1140. The second-order valence-corrected chi connectivity index (χ2v) is 17.1. The summed E-state index contributed by atoms with van der Waals surface area (Å²) in [5.74, 6) is -0.235. The number of aliphatic hydroxyl groups is 8. The van der Waals surface area contributed by atoms with Crippen LogP contribution in [-0.2, 0) is 28.4 Å². The highest BCUT2D eigenvalue weighted by molar-refractivity contribution is 5.01. The molecule has 2 saturated carbocycles. The maximum Gasteiger partial charge on any atom is 0.176 e. The van der Waals surface area contributed by atoms with E-state index in [2.05, 4.69) is 0 Å². The minimum atomic E-state index is -1.38. The van der Waals surface area contributed by atoms with Gasteiger partial charge in [0.15, 0.2) is 12.6 Å². The molecule has 22 atom stereocenters. The van der Waals surface area contributed by atoms with Crippen molar-refractivity contribution < 1.29 is 69.3 Å². The number of hydrogen-bond acceptors (Lipinski definition) is 23. The van der Waals surface area contributed by atoms with E-state index in [-0.39, 0.29) is 51.7 Å². The van der Waals surface area contributed by atoms with E-state index in [1.54, 1.807) is 0 Å². The zero-order valence-corrected chi connectivity index (χ0v) is 34.4. The number of rotatable bonds is 20. The van der Waals surface area contributed by atoms with Gasteiger partial charge in [-0.3, -0.25) is 0 Å². The van der Waals surface area contributed by atoms with Crippen LogP contribution in [0.4, 0.5) is 0 Å². The number of likely N-dealkylation sites (N-methyl/N-ethyl adjacent to an activating group) is 2. The Morgan fingerprint density at radius 2 is 0.983 bits per heavy atom. The van der Waals surface area contributed by atoms with Crippen molar-refractivity contribution in [2.24, 2.45) is 46.1 Å². The average Bonchev–Trinajstić information content (AvgIpc) is 3.18. The molecule has 0 bridgehead atoms. The van der Waals surface area contributed by atoms with Gasteiger partial charge in [0.1, 0.15) is 61.0 Å². The molecular weight excluding hydrogens is 782 g/mol. The van der Waals surface area contributed by atoms with Gasteiger partial charge in [-0.15, -0.1) is 0 Å². The van der Waals surface area contributed by atoms with Gasteiger partial charge in [-0.1, -0.05) is 6.92 Å². The Balaban J connectivity index is 1.20. The minimum absolute atomic E-state index is 0.0876. The number of nitrogens with zero attached hydrogens (tertiary/aromatic N) is 2. The first-order chi connectivity index (χ1) is 27.8. The van der Waals surface area contributed by atoms with Crippen LogP contribution in [0.3, 0.4) is 0 Å². The zero-order valence-electron chi connectivity index (χ0n) is 34.4. The van der Waals surface area contributed by atoms with Crippen LogP contribution in [-0.4, -0.2) is 245 Å². The molecule has 0 radical (unpaired) electrons. The lowest BCUT2D eigenvalue weighted by molar-refractivity contribution is -0.293. The first kappa shape index (κ1) is 50.7. The van der Waals surface area contributed by atoms with E-state index in [9.17, 15) is 40.9 Å². The molecule has 23 heteroatoms. The summed E-state index contributed by atoms with van der Waals surface area (Å²) in [4.78, 5) is 3.83. The smallest absolute Gasteiger partial charge is 0.176 e. The fourth-order valence-electron chi connectivity index (χ4n) is 8.39. The molecular formula is C36H75N9O14. The normalized spacial score (nSPS) is 44.5. The van der Waals surface area contributed by atoms with Gasteiger partial charge in [0.05, 0.1) is 49.7 Å². The van der Waals surface area contributed by atoms with Crippen LogP contribution >= 0.6 is 0 Å². The molecule has 59 heavy (non-hydrogen) atoms. The molecule has 4 rings (SSSR count). The average molecular weight is 858 g/mol. The van der Waals surface area contributed by atoms with Gasteiger partial charge in [-0.05, 0) is 52.4 Å². The topological polar surface area (TPSA) is 406 Å². The van der Waals surface area contributed by atoms with E-state index in [1.165, 1.54) is 0 Å². The first-order valence-corrected chi connectivity index (χ1v) is 20.6. The van der Waals surface area contributed by atoms with Crippen LogP contribution in [0.1, 0.15) is 26.2 Å². The highest BCUT2D eigenvalue weighted by atomic mass is 16.7. The maximum absolute atomic E-state index is 11.1. The highest BCUT2D eigenvalue weighted by Crippen LogP contribution is 2.32. The second kappa shape index (κ2) is 23.1. The fraction of sp³-hybridized carbons (Fsp3) is 1.00. The molecule has 0 spiro atoms. The van der Waals surface area contributed by atoms with E-state index in [0.29, 0.717) is 25.9 Å². The molecule has 0 aromatic carbocycles. The second-order valence-electron chi connectivity index (χ2n) is 17.1. The van der Waals surface area contributed by atoms with Crippen LogP contribution in [0.5, 0.6) is 0 Å². The van der Waals surface area contributed by atoms with Crippen LogP contribution in [0.25, 0.3) is 0 Å².